The zero-order valence-corrected chi connectivity index (χ0v) is 18.4. The number of nitrogens with zero attached hydrogens (tertiary/aromatic N) is 7. The Labute approximate surface area is 179 Å². The average Bonchev–Trinajstić information content (AvgIpc) is 3.47. The molecule has 8 heteroatoms. The molecular formula is C22H33N7O. The van der Waals surface area contributed by atoms with Crippen molar-refractivity contribution < 1.29 is 4.79 Å². The first-order valence-electron chi connectivity index (χ1n) is 11.3. The Balaban J connectivity index is 1.35. The van der Waals surface area contributed by atoms with Crippen molar-refractivity contribution in [2.24, 2.45) is 15.9 Å². The van der Waals surface area contributed by atoms with E-state index >= 15 is 0 Å². The predicted octanol–water partition coefficient (Wildman–Crippen LogP) is 2.47. The zero-order valence-electron chi connectivity index (χ0n) is 18.4. The van der Waals surface area contributed by atoms with Crippen LogP contribution in [0.15, 0.2) is 22.4 Å². The van der Waals surface area contributed by atoms with Crippen molar-refractivity contribution in [2.45, 2.75) is 52.5 Å². The first-order valence-corrected chi connectivity index (χ1v) is 11.3. The van der Waals surface area contributed by atoms with Gasteiger partial charge in [0.25, 0.3) is 5.91 Å². The summed E-state index contributed by atoms with van der Waals surface area (Å²) in [7, 11) is 0. The molecule has 2 saturated heterocycles. The topological polar surface area (TPSA) is 77.3 Å². The van der Waals surface area contributed by atoms with Crippen LogP contribution in [0.2, 0.25) is 0 Å². The van der Waals surface area contributed by atoms with Gasteiger partial charge >= 0.3 is 0 Å². The number of carbonyl (C=O) groups excluding carboxylic acids is 1. The number of hydrogen-bond acceptors (Lipinski definition) is 7. The molecule has 4 rings (SSSR count). The molecule has 0 aliphatic carbocycles. The minimum Gasteiger partial charge on any atom is -0.358 e. The summed E-state index contributed by atoms with van der Waals surface area (Å²) in [5, 5.41) is 0. The van der Waals surface area contributed by atoms with Crippen LogP contribution in [0.5, 0.6) is 0 Å². The van der Waals surface area contributed by atoms with E-state index in [0.717, 1.165) is 56.6 Å². The SMILES string of the molecule is CCN(C(=O)c1cnc(N2CCCC2)nc1)C1CCN(C2=NC(C(C)C)=NC2)CC1. The molecule has 0 saturated carbocycles. The van der Waals surface area contributed by atoms with E-state index in [0.29, 0.717) is 24.6 Å². The highest BCUT2D eigenvalue weighted by atomic mass is 16.2. The largest absolute Gasteiger partial charge is 0.358 e. The van der Waals surface area contributed by atoms with Gasteiger partial charge in [0.2, 0.25) is 5.95 Å². The van der Waals surface area contributed by atoms with Gasteiger partial charge < -0.3 is 14.7 Å². The second-order valence-electron chi connectivity index (χ2n) is 8.63. The highest BCUT2D eigenvalue weighted by Crippen LogP contribution is 2.21. The highest BCUT2D eigenvalue weighted by Gasteiger charge is 2.30. The van der Waals surface area contributed by atoms with Crippen LogP contribution in [0.1, 0.15) is 56.8 Å². The van der Waals surface area contributed by atoms with E-state index in [2.05, 4.69) is 38.6 Å². The summed E-state index contributed by atoms with van der Waals surface area (Å²) in [5.41, 5.74) is 0.581. The van der Waals surface area contributed by atoms with Gasteiger partial charge in [0, 0.05) is 57.1 Å². The Bertz CT molecular complexity index is 803. The fourth-order valence-electron chi connectivity index (χ4n) is 4.52. The molecule has 2 fully saturated rings. The van der Waals surface area contributed by atoms with E-state index < -0.39 is 0 Å². The lowest BCUT2D eigenvalue weighted by atomic mass is 10.0. The molecule has 0 aromatic carbocycles. The number of aliphatic imine (C=N–C) groups is 2. The lowest BCUT2D eigenvalue weighted by Crippen LogP contribution is -2.49. The number of likely N-dealkylation sites (tertiary alicyclic amines) is 1. The molecular weight excluding hydrogens is 378 g/mol. The molecule has 1 amide bonds. The van der Waals surface area contributed by atoms with Crippen molar-refractivity contribution in [3.05, 3.63) is 18.0 Å². The third kappa shape index (κ3) is 4.32. The molecule has 3 aliphatic rings. The van der Waals surface area contributed by atoms with Crippen LogP contribution >= 0.6 is 0 Å². The van der Waals surface area contributed by atoms with Crippen LogP contribution in [0.3, 0.4) is 0 Å². The Morgan fingerprint density at radius 2 is 1.77 bits per heavy atom. The predicted molar refractivity (Wildman–Crippen MR) is 119 cm³/mol. The van der Waals surface area contributed by atoms with Crippen molar-refractivity contribution >= 4 is 23.5 Å². The Morgan fingerprint density at radius 1 is 1.10 bits per heavy atom. The first kappa shape index (κ1) is 20.8. The summed E-state index contributed by atoms with van der Waals surface area (Å²) < 4.78 is 0. The number of anilines is 1. The second-order valence-corrected chi connectivity index (χ2v) is 8.63. The van der Waals surface area contributed by atoms with Gasteiger partial charge in [-0.3, -0.25) is 9.79 Å². The first-order chi connectivity index (χ1) is 14.6. The summed E-state index contributed by atoms with van der Waals surface area (Å²) in [6.07, 6.45) is 7.65. The molecule has 4 heterocycles. The molecule has 0 spiro atoms. The van der Waals surface area contributed by atoms with Gasteiger partial charge in [-0.1, -0.05) is 13.8 Å². The van der Waals surface area contributed by atoms with Crippen LogP contribution in [-0.4, -0.2) is 82.7 Å². The standard InChI is InChI=1S/C22H33N7O/c1-4-29(21(30)17-13-24-22(25-14-17)28-9-5-6-10-28)18-7-11-27(12-8-18)19-15-23-20(26-19)16(2)3/h13-14,16,18H,4-12,15H2,1-3H3. The van der Waals surface area contributed by atoms with E-state index in [1.165, 1.54) is 12.8 Å². The summed E-state index contributed by atoms with van der Waals surface area (Å²) in [4.78, 5) is 37.8. The van der Waals surface area contributed by atoms with Gasteiger partial charge in [0.1, 0.15) is 11.7 Å². The number of piperidine rings is 1. The van der Waals surface area contributed by atoms with E-state index in [-0.39, 0.29) is 11.9 Å². The molecule has 3 aliphatic heterocycles. The van der Waals surface area contributed by atoms with Crippen molar-refractivity contribution in [2.75, 3.05) is 44.2 Å². The summed E-state index contributed by atoms with van der Waals surface area (Å²) in [6.45, 7) is 11.5. The van der Waals surface area contributed by atoms with Gasteiger partial charge in [0.05, 0.1) is 12.1 Å². The minimum absolute atomic E-state index is 0.0348. The Hall–Kier alpha value is -2.51. The van der Waals surface area contributed by atoms with Crippen LogP contribution < -0.4 is 4.90 Å². The van der Waals surface area contributed by atoms with Gasteiger partial charge in [-0.2, -0.15) is 0 Å². The molecule has 0 bridgehead atoms. The molecule has 162 valence electrons. The fourth-order valence-corrected chi connectivity index (χ4v) is 4.52. The van der Waals surface area contributed by atoms with Gasteiger partial charge in [-0.25, -0.2) is 15.0 Å². The number of carbonyl (C=O) groups is 1. The summed E-state index contributed by atoms with van der Waals surface area (Å²) in [5.74, 6) is 3.17. The maximum absolute atomic E-state index is 13.1. The quantitative estimate of drug-likeness (QED) is 0.744. The number of hydrogen-bond donors (Lipinski definition) is 0. The summed E-state index contributed by atoms with van der Waals surface area (Å²) >= 11 is 0. The molecule has 0 unspecified atom stereocenters. The molecule has 0 atom stereocenters. The van der Waals surface area contributed by atoms with E-state index in [1.54, 1.807) is 12.4 Å². The van der Waals surface area contributed by atoms with Crippen LogP contribution in [0.4, 0.5) is 5.95 Å². The smallest absolute Gasteiger partial charge is 0.257 e. The lowest BCUT2D eigenvalue weighted by molar-refractivity contribution is 0.0625. The third-order valence-electron chi connectivity index (χ3n) is 6.29. The number of aromatic nitrogens is 2. The molecule has 1 aromatic heterocycles. The van der Waals surface area contributed by atoms with Crippen LogP contribution in [0.25, 0.3) is 0 Å². The van der Waals surface area contributed by atoms with Crippen LogP contribution in [-0.2, 0) is 0 Å². The Kier molecular flexibility index (Phi) is 6.29. The molecule has 8 nitrogen and oxygen atoms in total. The molecule has 30 heavy (non-hydrogen) atoms. The van der Waals surface area contributed by atoms with E-state index in [9.17, 15) is 4.79 Å². The van der Waals surface area contributed by atoms with Crippen molar-refractivity contribution in [3.63, 3.8) is 0 Å². The maximum Gasteiger partial charge on any atom is 0.257 e. The lowest BCUT2D eigenvalue weighted by Gasteiger charge is -2.38. The fraction of sp³-hybridized carbons (Fsp3) is 0.682. The van der Waals surface area contributed by atoms with Crippen molar-refractivity contribution in [1.29, 1.82) is 0 Å². The molecule has 0 radical (unpaired) electrons. The molecule has 0 N–H and O–H groups in total. The Morgan fingerprint density at radius 3 is 2.33 bits per heavy atom. The average molecular weight is 412 g/mol. The van der Waals surface area contributed by atoms with E-state index in [4.69, 9.17) is 4.99 Å². The van der Waals surface area contributed by atoms with Gasteiger partial charge in [0.15, 0.2) is 0 Å². The third-order valence-corrected chi connectivity index (χ3v) is 6.29. The maximum atomic E-state index is 13.1. The zero-order chi connectivity index (χ0) is 21.1. The second kappa shape index (κ2) is 9.10. The number of amidine groups is 2. The normalized spacial score (nSPS) is 20.0. The van der Waals surface area contributed by atoms with Gasteiger partial charge in [-0.05, 0) is 32.6 Å². The highest BCUT2D eigenvalue weighted by molar-refractivity contribution is 6.03. The number of amides is 1. The monoisotopic (exact) mass is 411 g/mol. The van der Waals surface area contributed by atoms with Crippen molar-refractivity contribution in [3.8, 4) is 0 Å². The molecule has 1 aromatic rings. The van der Waals surface area contributed by atoms with E-state index in [1.807, 2.05) is 11.8 Å². The minimum atomic E-state index is 0.0348. The summed E-state index contributed by atoms with van der Waals surface area (Å²) in [6, 6.07) is 0.240. The van der Waals surface area contributed by atoms with Gasteiger partial charge in [-0.15, -0.1) is 0 Å². The number of rotatable bonds is 5. The van der Waals surface area contributed by atoms with Crippen LogP contribution in [0, 0.1) is 5.92 Å². The van der Waals surface area contributed by atoms with Crippen molar-refractivity contribution in [1.82, 2.24) is 19.8 Å².